The molecule has 4 heteroatoms. The Kier molecular flexibility index (Phi) is 3.61. The van der Waals surface area contributed by atoms with Crippen LogP contribution in [0.3, 0.4) is 0 Å². The van der Waals surface area contributed by atoms with Crippen molar-refractivity contribution in [3.05, 3.63) is 23.9 Å². The second kappa shape index (κ2) is 5.17. The van der Waals surface area contributed by atoms with Gasteiger partial charge in [-0.2, -0.15) is 0 Å². The predicted octanol–water partition coefficient (Wildman–Crippen LogP) is 2.00. The Morgan fingerprint density at radius 3 is 3.12 bits per heavy atom. The van der Waals surface area contributed by atoms with Gasteiger partial charge in [0.1, 0.15) is 5.82 Å². The van der Waals surface area contributed by atoms with Gasteiger partial charge in [-0.25, -0.2) is 4.98 Å². The number of pyridine rings is 1. The van der Waals surface area contributed by atoms with Gasteiger partial charge >= 0.3 is 0 Å². The lowest BCUT2D eigenvalue weighted by atomic mass is 10.2. The fourth-order valence-electron chi connectivity index (χ4n) is 2.18. The maximum absolute atomic E-state index is 12.3. The largest absolute Gasteiger partial charge is 0.370 e. The van der Waals surface area contributed by atoms with E-state index in [2.05, 4.69) is 17.2 Å². The molecule has 1 aromatic rings. The second-order valence-electron chi connectivity index (χ2n) is 4.57. The zero-order valence-corrected chi connectivity index (χ0v) is 10.4. The fourth-order valence-corrected chi connectivity index (χ4v) is 2.18. The molecule has 0 aliphatic carbocycles. The Morgan fingerprint density at radius 1 is 1.65 bits per heavy atom. The first-order chi connectivity index (χ1) is 8.22. The van der Waals surface area contributed by atoms with Crippen molar-refractivity contribution in [3.8, 4) is 0 Å². The standard InChI is InChI=1S/C13H19N3O/c1-3-14-12-11(5-4-7-15-12)13(17)16-8-6-10(2)9-16/h4-5,7,10H,3,6,8-9H2,1-2H3,(H,14,15). The highest BCUT2D eigenvalue weighted by atomic mass is 16.2. The molecule has 0 bridgehead atoms. The number of nitrogens with one attached hydrogen (secondary N) is 1. The van der Waals surface area contributed by atoms with Gasteiger partial charge < -0.3 is 10.2 Å². The van der Waals surface area contributed by atoms with Gasteiger partial charge in [-0.15, -0.1) is 0 Å². The molecule has 0 spiro atoms. The van der Waals surface area contributed by atoms with Crippen LogP contribution in [0.2, 0.25) is 0 Å². The number of hydrogen-bond acceptors (Lipinski definition) is 3. The third-order valence-corrected chi connectivity index (χ3v) is 3.09. The van der Waals surface area contributed by atoms with E-state index in [4.69, 9.17) is 0 Å². The highest BCUT2D eigenvalue weighted by molar-refractivity contribution is 5.98. The quantitative estimate of drug-likeness (QED) is 0.868. The molecule has 1 aliphatic rings. The number of amides is 1. The van der Waals surface area contributed by atoms with Crippen LogP contribution in [0.25, 0.3) is 0 Å². The lowest BCUT2D eigenvalue weighted by Gasteiger charge is -2.17. The number of rotatable bonds is 3. The molecule has 4 nitrogen and oxygen atoms in total. The van der Waals surface area contributed by atoms with Crippen molar-refractivity contribution < 1.29 is 4.79 Å². The van der Waals surface area contributed by atoms with Crippen LogP contribution in [0.1, 0.15) is 30.6 Å². The molecular weight excluding hydrogens is 214 g/mol. The zero-order chi connectivity index (χ0) is 12.3. The first kappa shape index (κ1) is 11.9. The Labute approximate surface area is 102 Å². The second-order valence-corrected chi connectivity index (χ2v) is 4.57. The number of carbonyl (C=O) groups excluding carboxylic acids is 1. The minimum Gasteiger partial charge on any atom is -0.370 e. The van der Waals surface area contributed by atoms with Gasteiger partial charge in [0.2, 0.25) is 0 Å². The van der Waals surface area contributed by atoms with Crippen LogP contribution in [0, 0.1) is 5.92 Å². The van der Waals surface area contributed by atoms with E-state index >= 15 is 0 Å². The van der Waals surface area contributed by atoms with Gasteiger partial charge in [0.25, 0.3) is 5.91 Å². The smallest absolute Gasteiger partial charge is 0.257 e. The van der Waals surface area contributed by atoms with Crippen molar-refractivity contribution in [2.24, 2.45) is 5.92 Å². The third-order valence-electron chi connectivity index (χ3n) is 3.09. The lowest BCUT2D eigenvalue weighted by Crippen LogP contribution is -2.29. The summed E-state index contributed by atoms with van der Waals surface area (Å²) in [6.45, 7) is 6.68. The van der Waals surface area contributed by atoms with Crippen molar-refractivity contribution in [2.45, 2.75) is 20.3 Å². The van der Waals surface area contributed by atoms with Gasteiger partial charge in [0.05, 0.1) is 5.56 Å². The molecule has 0 aromatic carbocycles. The predicted molar refractivity (Wildman–Crippen MR) is 68.1 cm³/mol. The monoisotopic (exact) mass is 233 g/mol. The first-order valence-electron chi connectivity index (χ1n) is 6.20. The molecule has 1 N–H and O–H groups in total. The van der Waals surface area contributed by atoms with E-state index in [0.29, 0.717) is 17.3 Å². The van der Waals surface area contributed by atoms with Gasteiger partial charge in [-0.1, -0.05) is 6.92 Å². The summed E-state index contributed by atoms with van der Waals surface area (Å²) in [5.74, 6) is 1.40. The number of carbonyl (C=O) groups is 1. The Bertz CT molecular complexity index is 405. The molecule has 1 amide bonds. The van der Waals surface area contributed by atoms with E-state index in [0.717, 1.165) is 26.1 Å². The first-order valence-corrected chi connectivity index (χ1v) is 6.20. The molecule has 1 aromatic heterocycles. The molecule has 2 heterocycles. The molecule has 1 fully saturated rings. The van der Waals surface area contributed by atoms with E-state index in [-0.39, 0.29) is 5.91 Å². The number of hydrogen-bond donors (Lipinski definition) is 1. The highest BCUT2D eigenvalue weighted by Crippen LogP contribution is 2.20. The summed E-state index contributed by atoms with van der Waals surface area (Å²) in [6, 6.07) is 3.66. The van der Waals surface area contributed by atoms with Crippen LogP contribution < -0.4 is 5.32 Å². The van der Waals surface area contributed by atoms with E-state index in [1.807, 2.05) is 24.0 Å². The van der Waals surface area contributed by atoms with Crippen LogP contribution >= 0.6 is 0 Å². The molecule has 17 heavy (non-hydrogen) atoms. The normalized spacial score (nSPS) is 19.4. The van der Waals surface area contributed by atoms with Gasteiger partial charge in [-0.05, 0) is 31.4 Å². The molecule has 2 rings (SSSR count). The fraction of sp³-hybridized carbons (Fsp3) is 0.538. The van der Waals surface area contributed by atoms with Gasteiger partial charge in [0, 0.05) is 25.8 Å². The topological polar surface area (TPSA) is 45.2 Å². The molecule has 0 saturated carbocycles. The van der Waals surface area contributed by atoms with Crippen molar-refractivity contribution in [1.29, 1.82) is 0 Å². The lowest BCUT2D eigenvalue weighted by molar-refractivity contribution is 0.0788. The summed E-state index contributed by atoms with van der Waals surface area (Å²) in [4.78, 5) is 18.5. The van der Waals surface area contributed by atoms with E-state index in [1.165, 1.54) is 0 Å². The number of aromatic nitrogens is 1. The maximum Gasteiger partial charge on any atom is 0.257 e. The molecule has 1 saturated heterocycles. The molecule has 0 radical (unpaired) electrons. The van der Waals surface area contributed by atoms with Crippen LogP contribution in [0.4, 0.5) is 5.82 Å². The van der Waals surface area contributed by atoms with Crippen LogP contribution in [-0.4, -0.2) is 35.4 Å². The molecule has 1 aliphatic heterocycles. The third kappa shape index (κ3) is 2.57. The van der Waals surface area contributed by atoms with E-state index < -0.39 is 0 Å². The van der Waals surface area contributed by atoms with E-state index in [9.17, 15) is 4.79 Å². The average molecular weight is 233 g/mol. The van der Waals surface area contributed by atoms with Crippen molar-refractivity contribution >= 4 is 11.7 Å². The Balaban J connectivity index is 2.18. The van der Waals surface area contributed by atoms with Crippen molar-refractivity contribution in [1.82, 2.24) is 9.88 Å². The minimum absolute atomic E-state index is 0.0957. The summed E-state index contributed by atoms with van der Waals surface area (Å²) in [7, 11) is 0. The Morgan fingerprint density at radius 2 is 2.47 bits per heavy atom. The maximum atomic E-state index is 12.3. The summed E-state index contributed by atoms with van der Waals surface area (Å²) in [5, 5.41) is 3.13. The van der Waals surface area contributed by atoms with Crippen molar-refractivity contribution in [2.75, 3.05) is 25.0 Å². The minimum atomic E-state index is 0.0957. The zero-order valence-electron chi connectivity index (χ0n) is 10.4. The number of likely N-dealkylation sites (tertiary alicyclic amines) is 1. The highest BCUT2D eigenvalue weighted by Gasteiger charge is 2.25. The Hall–Kier alpha value is -1.58. The van der Waals surface area contributed by atoms with Gasteiger partial charge in [0.15, 0.2) is 0 Å². The van der Waals surface area contributed by atoms with Crippen LogP contribution in [0.15, 0.2) is 18.3 Å². The SMILES string of the molecule is CCNc1ncccc1C(=O)N1CCC(C)C1. The number of nitrogens with zero attached hydrogens (tertiary/aromatic N) is 2. The summed E-state index contributed by atoms with van der Waals surface area (Å²) in [5.41, 5.74) is 0.684. The van der Waals surface area contributed by atoms with Gasteiger partial charge in [-0.3, -0.25) is 4.79 Å². The van der Waals surface area contributed by atoms with Crippen LogP contribution in [-0.2, 0) is 0 Å². The molecule has 1 atom stereocenters. The summed E-state index contributed by atoms with van der Waals surface area (Å²) in [6.07, 6.45) is 2.81. The summed E-state index contributed by atoms with van der Waals surface area (Å²) < 4.78 is 0. The summed E-state index contributed by atoms with van der Waals surface area (Å²) >= 11 is 0. The van der Waals surface area contributed by atoms with E-state index in [1.54, 1.807) is 6.20 Å². The van der Waals surface area contributed by atoms with Crippen LogP contribution in [0.5, 0.6) is 0 Å². The molecular formula is C13H19N3O. The van der Waals surface area contributed by atoms with Crippen molar-refractivity contribution in [3.63, 3.8) is 0 Å². The molecule has 1 unspecified atom stereocenters. The average Bonchev–Trinajstić information content (AvgIpc) is 2.76. The number of anilines is 1. The molecule has 92 valence electrons.